The Hall–Kier alpha value is -1.86. The Morgan fingerprint density at radius 1 is 1.15 bits per heavy atom. The highest BCUT2D eigenvalue weighted by Crippen LogP contribution is 2.32. The molecule has 1 aromatic carbocycles. The van der Waals surface area contributed by atoms with E-state index in [4.69, 9.17) is 9.47 Å². The normalized spacial score (nSPS) is 14.1. The molecule has 0 fully saturated rings. The van der Waals surface area contributed by atoms with Gasteiger partial charge in [0.15, 0.2) is 5.82 Å². The maximum Gasteiger partial charge on any atom is 0.299 e. The van der Waals surface area contributed by atoms with Crippen LogP contribution in [-0.4, -0.2) is 45.2 Å². The fourth-order valence-corrected chi connectivity index (χ4v) is 1.97. The summed E-state index contributed by atoms with van der Waals surface area (Å²) in [6, 6.07) is 1.51. The predicted octanol–water partition coefficient (Wildman–Crippen LogP) is 1.16. The molecular weight excluding hydrogens is 272 g/mol. The molecule has 2 rings (SSSR count). The monoisotopic (exact) mass is 285 g/mol. The lowest BCUT2D eigenvalue weighted by atomic mass is 10.1. The number of rotatable bonds is 6. The Balaban J connectivity index is 2.12. The fourth-order valence-electron chi connectivity index (χ4n) is 1.97. The van der Waals surface area contributed by atoms with Gasteiger partial charge in [-0.3, -0.25) is 14.5 Å². The van der Waals surface area contributed by atoms with Crippen LogP contribution in [0, 0.1) is 11.6 Å². The summed E-state index contributed by atoms with van der Waals surface area (Å²) in [5.74, 6) is -3.60. The summed E-state index contributed by atoms with van der Waals surface area (Å²) in [4.78, 5) is 24.4. The van der Waals surface area contributed by atoms with Gasteiger partial charge in [0, 0.05) is 19.7 Å². The number of methoxy groups -OCH3 is 1. The smallest absolute Gasteiger partial charge is 0.299 e. The third kappa shape index (κ3) is 2.68. The Bertz CT molecular complexity index is 547. The van der Waals surface area contributed by atoms with Gasteiger partial charge in [0.25, 0.3) is 11.7 Å². The first-order chi connectivity index (χ1) is 9.56. The lowest BCUT2D eigenvalue weighted by molar-refractivity contribution is -0.114. The molecule has 5 nitrogen and oxygen atoms in total. The molecule has 0 spiro atoms. The van der Waals surface area contributed by atoms with E-state index in [1.807, 2.05) is 0 Å². The fraction of sp³-hybridized carbons (Fsp3) is 0.385. The topological polar surface area (TPSA) is 55.8 Å². The molecule has 0 aliphatic carbocycles. The van der Waals surface area contributed by atoms with Crippen LogP contribution in [0.15, 0.2) is 12.1 Å². The number of nitrogens with zero attached hydrogens (tertiary/aromatic N) is 1. The highest BCUT2D eigenvalue weighted by Gasteiger charge is 2.38. The number of hydrogen-bond acceptors (Lipinski definition) is 4. The van der Waals surface area contributed by atoms with Gasteiger partial charge in [-0.2, -0.15) is 0 Å². The molecular formula is C13H13F2NO4. The van der Waals surface area contributed by atoms with Crippen LogP contribution in [-0.2, 0) is 14.3 Å². The van der Waals surface area contributed by atoms with Crippen LogP contribution in [0.2, 0.25) is 0 Å². The molecule has 0 aromatic heterocycles. The van der Waals surface area contributed by atoms with Crippen molar-refractivity contribution < 1.29 is 27.8 Å². The van der Waals surface area contributed by atoms with E-state index in [0.29, 0.717) is 19.3 Å². The van der Waals surface area contributed by atoms with Gasteiger partial charge in [-0.05, 0) is 6.07 Å². The molecule has 0 atom stereocenters. The van der Waals surface area contributed by atoms with Crippen LogP contribution in [0.1, 0.15) is 10.4 Å². The van der Waals surface area contributed by atoms with Gasteiger partial charge in [0.05, 0.1) is 31.1 Å². The van der Waals surface area contributed by atoms with Crippen LogP contribution in [0.5, 0.6) is 0 Å². The summed E-state index contributed by atoms with van der Waals surface area (Å²) >= 11 is 0. The summed E-state index contributed by atoms with van der Waals surface area (Å²) in [7, 11) is 1.52. The van der Waals surface area contributed by atoms with E-state index in [-0.39, 0.29) is 24.4 Å². The zero-order valence-corrected chi connectivity index (χ0v) is 10.8. The zero-order valence-electron chi connectivity index (χ0n) is 10.8. The third-order valence-corrected chi connectivity index (χ3v) is 2.87. The minimum absolute atomic E-state index is 0.0177. The van der Waals surface area contributed by atoms with Crippen LogP contribution in [0.25, 0.3) is 0 Å². The number of benzene rings is 1. The van der Waals surface area contributed by atoms with Gasteiger partial charge < -0.3 is 9.47 Å². The van der Waals surface area contributed by atoms with E-state index in [9.17, 15) is 18.4 Å². The van der Waals surface area contributed by atoms with Crippen LogP contribution in [0.4, 0.5) is 14.5 Å². The number of fused-ring (bicyclic) bond motifs is 1. The van der Waals surface area contributed by atoms with Crippen LogP contribution < -0.4 is 4.90 Å². The summed E-state index contributed by atoms with van der Waals surface area (Å²) in [5, 5.41) is 0. The molecule has 0 saturated heterocycles. The van der Waals surface area contributed by atoms with Crippen molar-refractivity contribution >= 4 is 17.4 Å². The van der Waals surface area contributed by atoms with Crippen molar-refractivity contribution in [2.75, 3.05) is 38.4 Å². The molecule has 0 radical (unpaired) electrons. The molecule has 1 aliphatic rings. The number of halogens is 2. The highest BCUT2D eigenvalue weighted by molar-refractivity contribution is 6.52. The molecule has 7 heteroatoms. The number of Topliss-reactive ketones (excluding diaryl/α,β-unsaturated/α-hetero) is 1. The number of hydrogen-bond donors (Lipinski definition) is 0. The molecule has 0 unspecified atom stereocenters. The van der Waals surface area contributed by atoms with Gasteiger partial charge in [0.1, 0.15) is 5.82 Å². The lowest BCUT2D eigenvalue weighted by Crippen LogP contribution is -2.33. The summed E-state index contributed by atoms with van der Waals surface area (Å²) in [6.07, 6.45) is 0. The Morgan fingerprint density at radius 2 is 1.90 bits per heavy atom. The maximum absolute atomic E-state index is 13.7. The number of amides is 1. The molecule has 1 aromatic rings. The molecule has 0 saturated carbocycles. The lowest BCUT2D eigenvalue weighted by Gasteiger charge is -2.16. The SMILES string of the molecule is COCCOCCN1C(=O)C(=O)c2cc(F)cc(F)c21. The van der Waals surface area contributed by atoms with E-state index in [1.54, 1.807) is 0 Å². The first-order valence-corrected chi connectivity index (χ1v) is 5.98. The van der Waals surface area contributed by atoms with Crippen molar-refractivity contribution in [1.29, 1.82) is 0 Å². The van der Waals surface area contributed by atoms with Crippen molar-refractivity contribution in [1.82, 2.24) is 0 Å². The highest BCUT2D eigenvalue weighted by atomic mass is 19.1. The average molecular weight is 285 g/mol. The minimum Gasteiger partial charge on any atom is -0.382 e. The Kier molecular flexibility index (Phi) is 4.41. The standard InChI is InChI=1S/C13H13F2NO4/c1-19-4-5-20-3-2-16-11-9(12(17)13(16)18)6-8(14)7-10(11)15/h6-7H,2-5H2,1H3. The second-order valence-corrected chi connectivity index (χ2v) is 4.17. The van der Waals surface area contributed by atoms with Gasteiger partial charge in [-0.25, -0.2) is 8.78 Å². The number of ether oxygens (including phenoxy) is 2. The summed E-state index contributed by atoms with van der Waals surface area (Å²) in [5.41, 5.74) is -0.430. The summed E-state index contributed by atoms with van der Waals surface area (Å²) < 4.78 is 36.8. The van der Waals surface area contributed by atoms with E-state index in [2.05, 4.69) is 0 Å². The van der Waals surface area contributed by atoms with Gasteiger partial charge >= 0.3 is 0 Å². The van der Waals surface area contributed by atoms with Gasteiger partial charge in [-0.15, -0.1) is 0 Å². The van der Waals surface area contributed by atoms with Gasteiger partial charge in [-0.1, -0.05) is 0 Å². The second-order valence-electron chi connectivity index (χ2n) is 4.17. The predicted molar refractivity (Wildman–Crippen MR) is 65.7 cm³/mol. The van der Waals surface area contributed by atoms with E-state index >= 15 is 0 Å². The molecule has 0 N–H and O–H groups in total. The Labute approximate surface area is 114 Å². The van der Waals surface area contributed by atoms with Crippen molar-refractivity contribution in [3.05, 3.63) is 29.3 Å². The molecule has 1 amide bonds. The quantitative estimate of drug-likeness (QED) is 0.581. The number of carbonyl (C=O) groups excluding carboxylic acids is 2. The number of ketones is 1. The maximum atomic E-state index is 13.7. The van der Waals surface area contributed by atoms with Crippen molar-refractivity contribution in [2.24, 2.45) is 0 Å². The van der Waals surface area contributed by atoms with Crippen LogP contribution >= 0.6 is 0 Å². The van der Waals surface area contributed by atoms with Crippen molar-refractivity contribution in [2.45, 2.75) is 0 Å². The Morgan fingerprint density at radius 3 is 2.60 bits per heavy atom. The first kappa shape index (κ1) is 14.5. The summed E-state index contributed by atoms with van der Waals surface area (Å²) in [6.45, 7) is 0.858. The van der Waals surface area contributed by atoms with Gasteiger partial charge in [0.2, 0.25) is 0 Å². The molecule has 108 valence electrons. The van der Waals surface area contributed by atoms with E-state index < -0.39 is 23.3 Å². The molecule has 1 heterocycles. The van der Waals surface area contributed by atoms with Crippen molar-refractivity contribution in [3.8, 4) is 0 Å². The first-order valence-electron chi connectivity index (χ1n) is 5.98. The average Bonchev–Trinajstić information content (AvgIpc) is 2.64. The minimum atomic E-state index is -0.934. The van der Waals surface area contributed by atoms with Crippen molar-refractivity contribution in [3.63, 3.8) is 0 Å². The van der Waals surface area contributed by atoms with E-state index in [0.717, 1.165) is 11.0 Å². The largest absolute Gasteiger partial charge is 0.382 e. The number of anilines is 1. The molecule has 20 heavy (non-hydrogen) atoms. The molecule has 1 aliphatic heterocycles. The second kappa shape index (κ2) is 6.06. The van der Waals surface area contributed by atoms with E-state index in [1.165, 1.54) is 7.11 Å². The number of carbonyl (C=O) groups is 2. The zero-order chi connectivity index (χ0) is 14.7. The molecule has 0 bridgehead atoms. The third-order valence-electron chi connectivity index (χ3n) is 2.87. The van der Waals surface area contributed by atoms with Crippen LogP contribution in [0.3, 0.4) is 0 Å².